The van der Waals surface area contributed by atoms with Gasteiger partial charge in [-0.2, -0.15) is 0 Å². The first kappa shape index (κ1) is 54.1. The van der Waals surface area contributed by atoms with E-state index in [1.54, 1.807) is 4.70 Å². The zero-order valence-electron chi connectivity index (χ0n) is 41.0. The maximum absolute atomic E-state index is 12.3. The van der Waals surface area contributed by atoms with Crippen LogP contribution in [0.2, 0.25) is 10.8 Å². The number of allylic oxidation sites excluding steroid dienone is 2. The number of benzene rings is 2. The van der Waals surface area contributed by atoms with Crippen LogP contribution in [-0.2, 0) is 40.1 Å². The second-order valence-corrected chi connectivity index (χ2v) is 19.6. The molecule has 0 atom stereocenters. The van der Waals surface area contributed by atoms with Crippen LogP contribution in [0, 0.1) is 0 Å². The van der Waals surface area contributed by atoms with Gasteiger partial charge in [-0.15, -0.1) is 0 Å². The quantitative estimate of drug-likeness (QED) is 0.0375. The predicted octanol–water partition coefficient (Wildman–Crippen LogP) is 19.6. The Hall–Kier alpha value is -1.99. The summed E-state index contributed by atoms with van der Waals surface area (Å²) in [5.41, 5.74) is 25.1. The summed E-state index contributed by atoms with van der Waals surface area (Å²) in [7, 11) is 0. The average Bonchev–Trinajstić information content (AvgIpc) is 3.51. The molecule has 1 aliphatic heterocycles. The maximum atomic E-state index is 12.3. The Morgan fingerprint density at radius 1 is 0.367 bits per heavy atom. The van der Waals surface area contributed by atoms with Crippen molar-refractivity contribution in [3.05, 3.63) is 86.5 Å². The summed E-state index contributed by atoms with van der Waals surface area (Å²) < 4.78 is 1.61. The SMILES string of the molecule is CCCCCCCCC1=C(c2cc(CCCC)cc(CCCC)c2)[N+](=[N-])C(c2cc(CCCCCC)cc(CCCCCC)c2)=C1C.CCCCC[CH2][Ni][CH2]CCCCC. The van der Waals surface area contributed by atoms with Gasteiger partial charge in [0, 0.05) is 22.3 Å². The van der Waals surface area contributed by atoms with Gasteiger partial charge >= 0.3 is 90.4 Å². The molecule has 1 aliphatic rings. The Balaban J connectivity index is 0.000000818. The molecule has 1 heterocycles. The normalized spacial score (nSPS) is 12.9. The molecule has 2 nitrogen and oxygen atoms in total. The molecule has 0 fully saturated rings. The average molecular weight is 868 g/mol. The standard InChI is InChI=1S/C45H70N2.2C6H13.Ni/c1-7-12-17-20-21-24-29-43-36(6)44(41-32-39(27-22-18-13-8-2)31-40(33-41)28-23-19-14-9-3)47(46)45(43)42-34-37(25-15-10-4)30-38(35-42)26-16-11-5;2*1-3-5-6-4-2;/h30-35H,7-29H2,1-6H3;2*1,3-6H2,2H3;. The number of nitrogens with zero attached hydrogens (tertiary/aromatic N) is 2. The molecule has 0 spiro atoms. The summed E-state index contributed by atoms with van der Waals surface area (Å²) in [5.74, 6) is 0. The van der Waals surface area contributed by atoms with Crippen molar-refractivity contribution in [1.29, 1.82) is 0 Å². The summed E-state index contributed by atoms with van der Waals surface area (Å²) in [6.07, 6.45) is 39.6. The van der Waals surface area contributed by atoms with E-state index in [9.17, 15) is 5.53 Å². The van der Waals surface area contributed by atoms with E-state index in [1.165, 1.54) is 222 Å². The van der Waals surface area contributed by atoms with Gasteiger partial charge < -0.3 is 5.53 Å². The summed E-state index contributed by atoms with van der Waals surface area (Å²) >= 11 is 1.99. The van der Waals surface area contributed by atoms with E-state index in [0.29, 0.717) is 0 Å². The van der Waals surface area contributed by atoms with Crippen molar-refractivity contribution in [3.8, 4) is 0 Å². The van der Waals surface area contributed by atoms with E-state index >= 15 is 0 Å². The van der Waals surface area contributed by atoms with Crippen molar-refractivity contribution in [1.82, 2.24) is 0 Å². The first-order valence-corrected chi connectivity index (χ1v) is 27.4. The molecule has 0 N–H and O–H groups in total. The molecular formula is C57H96N2Ni. The molecule has 0 bridgehead atoms. The molecular weight excluding hydrogens is 771 g/mol. The Morgan fingerprint density at radius 3 is 1.10 bits per heavy atom. The molecule has 2 aromatic carbocycles. The molecule has 2 aromatic rings. The molecule has 3 heteroatoms. The third kappa shape index (κ3) is 21.9. The zero-order valence-corrected chi connectivity index (χ0v) is 42.0. The molecule has 0 saturated heterocycles. The summed E-state index contributed by atoms with van der Waals surface area (Å²) in [4.78, 5) is 0. The van der Waals surface area contributed by atoms with Crippen LogP contribution in [0.5, 0.6) is 0 Å². The van der Waals surface area contributed by atoms with Gasteiger partial charge in [-0.3, -0.25) is 0 Å². The van der Waals surface area contributed by atoms with E-state index in [-0.39, 0.29) is 0 Å². The van der Waals surface area contributed by atoms with Crippen LogP contribution >= 0.6 is 0 Å². The Labute approximate surface area is 380 Å². The second kappa shape index (κ2) is 35.5. The van der Waals surface area contributed by atoms with Crippen LogP contribution < -0.4 is 0 Å². The van der Waals surface area contributed by atoms with Crippen LogP contribution in [0.4, 0.5) is 0 Å². The van der Waals surface area contributed by atoms with Gasteiger partial charge in [0.25, 0.3) is 0 Å². The van der Waals surface area contributed by atoms with E-state index in [1.807, 2.05) is 14.4 Å². The van der Waals surface area contributed by atoms with Gasteiger partial charge in [0.05, 0.1) is 0 Å². The van der Waals surface area contributed by atoms with E-state index in [2.05, 4.69) is 91.8 Å². The molecule has 0 aromatic heterocycles. The van der Waals surface area contributed by atoms with Gasteiger partial charge in [-0.1, -0.05) is 130 Å². The molecule has 3 rings (SSSR count). The third-order valence-electron chi connectivity index (χ3n) is 12.4. The fourth-order valence-electron chi connectivity index (χ4n) is 8.64. The first-order chi connectivity index (χ1) is 29.4. The fraction of sp³-hybridized carbons (Fsp3) is 0.719. The third-order valence-corrected chi connectivity index (χ3v) is 13.8. The Morgan fingerprint density at radius 2 is 0.683 bits per heavy atom. The number of unbranched alkanes of at least 4 members (excludes halogenated alkanes) is 19. The molecule has 0 amide bonds. The van der Waals surface area contributed by atoms with Crippen molar-refractivity contribution in [2.75, 3.05) is 0 Å². The zero-order chi connectivity index (χ0) is 43.6. The van der Waals surface area contributed by atoms with Gasteiger partial charge in [0.1, 0.15) is 0 Å². The van der Waals surface area contributed by atoms with Crippen molar-refractivity contribution < 1.29 is 19.1 Å². The molecule has 0 saturated carbocycles. The molecule has 60 heavy (non-hydrogen) atoms. The predicted molar refractivity (Wildman–Crippen MR) is 265 cm³/mol. The first-order valence-electron chi connectivity index (χ1n) is 26.0. The van der Waals surface area contributed by atoms with Crippen molar-refractivity contribution in [3.63, 3.8) is 0 Å². The summed E-state index contributed by atoms with van der Waals surface area (Å²) in [6, 6.07) is 14.5. The van der Waals surface area contributed by atoms with Crippen LogP contribution in [0.15, 0.2) is 47.5 Å². The Bertz CT molecular complexity index is 1410. The minimum absolute atomic E-state index is 1.01. The van der Waals surface area contributed by atoms with E-state index < -0.39 is 0 Å². The molecule has 344 valence electrons. The summed E-state index contributed by atoms with van der Waals surface area (Å²) in [6.45, 7) is 18.3. The Kier molecular flexibility index (Phi) is 32.0. The van der Waals surface area contributed by atoms with Gasteiger partial charge in [0.15, 0.2) is 0 Å². The molecule has 0 unspecified atom stereocenters. The van der Waals surface area contributed by atoms with Crippen molar-refractivity contribution in [2.45, 2.75) is 265 Å². The number of hydrogen-bond donors (Lipinski definition) is 0. The van der Waals surface area contributed by atoms with Crippen LogP contribution in [0.3, 0.4) is 0 Å². The van der Waals surface area contributed by atoms with Crippen molar-refractivity contribution in [2.24, 2.45) is 0 Å². The summed E-state index contributed by atoms with van der Waals surface area (Å²) in [5, 5.41) is 2.83. The van der Waals surface area contributed by atoms with Crippen LogP contribution in [-0.4, -0.2) is 4.70 Å². The second-order valence-electron chi connectivity index (χ2n) is 18.1. The van der Waals surface area contributed by atoms with Gasteiger partial charge in [-0.05, 0) is 118 Å². The molecule has 0 radical (unpaired) electrons. The monoisotopic (exact) mass is 867 g/mol. The van der Waals surface area contributed by atoms with Crippen molar-refractivity contribution >= 4 is 11.4 Å². The van der Waals surface area contributed by atoms with E-state index in [4.69, 9.17) is 0 Å². The number of hydrogen-bond acceptors (Lipinski definition) is 0. The van der Waals surface area contributed by atoms with E-state index in [0.717, 1.165) is 43.5 Å². The van der Waals surface area contributed by atoms with Gasteiger partial charge in [0.2, 0.25) is 11.4 Å². The number of rotatable bonds is 35. The minimum atomic E-state index is 1.01. The topological polar surface area (TPSA) is 25.3 Å². The number of aryl methyl sites for hydroxylation is 4. The van der Waals surface area contributed by atoms with Crippen LogP contribution in [0.1, 0.15) is 262 Å². The molecule has 0 aliphatic carbocycles. The van der Waals surface area contributed by atoms with Crippen LogP contribution in [0.25, 0.3) is 16.9 Å². The fourth-order valence-corrected chi connectivity index (χ4v) is 9.88. The van der Waals surface area contributed by atoms with Gasteiger partial charge in [-0.25, -0.2) is 4.70 Å².